The molecule has 0 aliphatic rings. The van der Waals surface area contributed by atoms with Crippen LogP contribution in [0, 0.1) is 6.92 Å². The fourth-order valence-electron chi connectivity index (χ4n) is 1.63. The molecule has 0 saturated carbocycles. The van der Waals surface area contributed by atoms with E-state index < -0.39 is 0 Å². The number of nitrogens with one attached hydrogen (secondary N) is 1. The molecule has 0 aliphatic heterocycles. The van der Waals surface area contributed by atoms with Gasteiger partial charge in [0.05, 0.1) is 17.5 Å². The maximum Gasteiger partial charge on any atom is 0.260 e. The van der Waals surface area contributed by atoms with Crippen LogP contribution in [0.15, 0.2) is 35.1 Å². The zero-order valence-electron chi connectivity index (χ0n) is 11.1. The van der Waals surface area contributed by atoms with Gasteiger partial charge in [-0.1, -0.05) is 17.3 Å². The highest BCUT2D eigenvalue weighted by atomic mass is 16.5. The minimum Gasteiger partial charge on any atom is -0.489 e. The van der Waals surface area contributed by atoms with Crippen molar-refractivity contribution in [2.75, 3.05) is 5.32 Å². The van der Waals surface area contributed by atoms with E-state index in [4.69, 9.17) is 9.26 Å². The molecule has 0 spiro atoms. The number of aromatic nitrogens is 1. The van der Waals surface area contributed by atoms with Crippen molar-refractivity contribution in [1.82, 2.24) is 5.16 Å². The molecule has 1 N–H and O–H groups in total. The van der Waals surface area contributed by atoms with Crippen LogP contribution in [-0.2, 0) is 0 Å². The summed E-state index contributed by atoms with van der Waals surface area (Å²) in [6.07, 6.45) is 1.37. The van der Waals surface area contributed by atoms with Gasteiger partial charge in [0.1, 0.15) is 17.6 Å². The Bertz CT molecular complexity index is 576. The van der Waals surface area contributed by atoms with Gasteiger partial charge in [0.2, 0.25) is 0 Å². The standard InChI is InChI=1S/C14H16N2O3/c1-9(2)19-13-7-5-4-6-12(13)15-14(17)11-8-18-16-10(11)3/h4-9H,1-3H3,(H,15,17). The average Bonchev–Trinajstić information content (AvgIpc) is 2.77. The molecule has 1 aromatic carbocycles. The summed E-state index contributed by atoms with van der Waals surface area (Å²) in [6, 6.07) is 7.30. The third-order valence-corrected chi connectivity index (χ3v) is 2.49. The second-order valence-corrected chi connectivity index (χ2v) is 4.43. The number of benzene rings is 1. The number of hydrogen-bond donors (Lipinski definition) is 1. The van der Waals surface area contributed by atoms with Crippen LogP contribution in [0.2, 0.25) is 0 Å². The lowest BCUT2D eigenvalue weighted by molar-refractivity contribution is 0.102. The van der Waals surface area contributed by atoms with Gasteiger partial charge in [0, 0.05) is 0 Å². The van der Waals surface area contributed by atoms with E-state index in [2.05, 4.69) is 10.5 Å². The fraction of sp³-hybridized carbons (Fsp3) is 0.286. The third-order valence-electron chi connectivity index (χ3n) is 2.49. The highest BCUT2D eigenvalue weighted by molar-refractivity contribution is 6.05. The number of para-hydroxylation sites is 2. The van der Waals surface area contributed by atoms with Crippen LogP contribution in [0.1, 0.15) is 29.9 Å². The zero-order chi connectivity index (χ0) is 13.8. The predicted molar refractivity (Wildman–Crippen MR) is 71.4 cm³/mol. The summed E-state index contributed by atoms with van der Waals surface area (Å²) >= 11 is 0. The lowest BCUT2D eigenvalue weighted by Crippen LogP contribution is -2.14. The highest BCUT2D eigenvalue weighted by Crippen LogP contribution is 2.25. The van der Waals surface area contributed by atoms with E-state index in [1.54, 1.807) is 13.0 Å². The fourth-order valence-corrected chi connectivity index (χ4v) is 1.63. The van der Waals surface area contributed by atoms with E-state index in [9.17, 15) is 4.79 Å². The molecule has 0 atom stereocenters. The number of nitrogens with zero attached hydrogens (tertiary/aromatic N) is 1. The van der Waals surface area contributed by atoms with Crippen LogP contribution in [0.3, 0.4) is 0 Å². The Balaban J connectivity index is 2.19. The van der Waals surface area contributed by atoms with Gasteiger partial charge in [-0.05, 0) is 32.9 Å². The molecule has 1 heterocycles. The van der Waals surface area contributed by atoms with Crippen molar-refractivity contribution in [2.24, 2.45) is 0 Å². The number of carbonyl (C=O) groups is 1. The predicted octanol–water partition coefficient (Wildman–Crippen LogP) is 3.02. The number of aryl methyl sites for hydroxylation is 1. The van der Waals surface area contributed by atoms with Crippen molar-refractivity contribution in [3.63, 3.8) is 0 Å². The van der Waals surface area contributed by atoms with Crippen LogP contribution in [0.25, 0.3) is 0 Å². The van der Waals surface area contributed by atoms with Crippen LogP contribution in [0.5, 0.6) is 5.75 Å². The molecule has 5 heteroatoms. The lowest BCUT2D eigenvalue weighted by atomic mass is 10.2. The van der Waals surface area contributed by atoms with E-state index in [1.807, 2.05) is 32.0 Å². The number of ether oxygens (including phenoxy) is 1. The van der Waals surface area contributed by atoms with Gasteiger partial charge in [-0.3, -0.25) is 4.79 Å². The van der Waals surface area contributed by atoms with E-state index in [-0.39, 0.29) is 12.0 Å². The summed E-state index contributed by atoms with van der Waals surface area (Å²) in [5, 5.41) is 6.48. The van der Waals surface area contributed by atoms with E-state index >= 15 is 0 Å². The van der Waals surface area contributed by atoms with Gasteiger partial charge in [-0.25, -0.2) is 0 Å². The summed E-state index contributed by atoms with van der Waals surface area (Å²) in [5.41, 5.74) is 1.60. The number of rotatable bonds is 4. The Morgan fingerprint density at radius 3 is 2.74 bits per heavy atom. The first-order chi connectivity index (χ1) is 9.08. The number of hydrogen-bond acceptors (Lipinski definition) is 4. The van der Waals surface area contributed by atoms with Gasteiger partial charge in [0.25, 0.3) is 5.91 Å². The van der Waals surface area contributed by atoms with Gasteiger partial charge >= 0.3 is 0 Å². The second kappa shape index (κ2) is 5.56. The van der Waals surface area contributed by atoms with Crippen LogP contribution in [-0.4, -0.2) is 17.2 Å². The maximum atomic E-state index is 12.1. The molecule has 2 aromatic rings. The van der Waals surface area contributed by atoms with Crippen molar-refractivity contribution in [3.8, 4) is 5.75 Å². The molecular formula is C14H16N2O3. The first kappa shape index (κ1) is 13.1. The number of carbonyl (C=O) groups excluding carboxylic acids is 1. The number of anilines is 1. The molecular weight excluding hydrogens is 244 g/mol. The zero-order valence-corrected chi connectivity index (χ0v) is 11.1. The molecule has 0 radical (unpaired) electrons. The largest absolute Gasteiger partial charge is 0.489 e. The molecule has 1 aromatic heterocycles. The van der Waals surface area contributed by atoms with Crippen molar-refractivity contribution >= 4 is 11.6 Å². The van der Waals surface area contributed by atoms with Gasteiger partial charge in [-0.2, -0.15) is 0 Å². The number of amides is 1. The molecule has 0 bridgehead atoms. The smallest absolute Gasteiger partial charge is 0.260 e. The van der Waals surface area contributed by atoms with Crippen LogP contribution < -0.4 is 10.1 Å². The normalized spacial score (nSPS) is 10.5. The molecule has 2 rings (SSSR count). The van der Waals surface area contributed by atoms with Gasteiger partial charge in [0.15, 0.2) is 0 Å². The maximum absolute atomic E-state index is 12.1. The first-order valence-electron chi connectivity index (χ1n) is 6.06. The van der Waals surface area contributed by atoms with Crippen LogP contribution in [0.4, 0.5) is 5.69 Å². The van der Waals surface area contributed by atoms with E-state index in [0.717, 1.165) is 0 Å². The van der Waals surface area contributed by atoms with Crippen LogP contribution >= 0.6 is 0 Å². The molecule has 5 nitrogen and oxygen atoms in total. The van der Waals surface area contributed by atoms with Crippen molar-refractivity contribution in [2.45, 2.75) is 26.9 Å². The summed E-state index contributed by atoms with van der Waals surface area (Å²) in [5.74, 6) is 0.374. The highest BCUT2D eigenvalue weighted by Gasteiger charge is 2.15. The summed E-state index contributed by atoms with van der Waals surface area (Å²) in [4.78, 5) is 12.1. The lowest BCUT2D eigenvalue weighted by Gasteiger charge is -2.14. The minimum atomic E-state index is -0.265. The summed E-state index contributed by atoms with van der Waals surface area (Å²) < 4.78 is 10.4. The third kappa shape index (κ3) is 3.13. The molecule has 19 heavy (non-hydrogen) atoms. The van der Waals surface area contributed by atoms with E-state index in [1.165, 1.54) is 6.26 Å². The quantitative estimate of drug-likeness (QED) is 0.917. The van der Waals surface area contributed by atoms with Crippen molar-refractivity contribution in [3.05, 3.63) is 41.8 Å². The average molecular weight is 260 g/mol. The first-order valence-corrected chi connectivity index (χ1v) is 6.06. The monoisotopic (exact) mass is 260 g/mol. The molecule has 0 saturated heterocycles. The molecule has 0 aliphatic carbocycles. The Labute approximate surface area is 111 Å². The van der Waals surface area contributed by atoms with Crippen molar-refractivity contribution < 1.29 is 14.1 Å². The summed E-state index contributed by atoms with van der Waals surface area (Å²) in [7, 11) is 0. The van der Waals surface area contributed by atoms with Gasteiger partial charge in [-0.15, -0.1) is 0 Å². The summed E-state index contributed by atoms with van der Waals surface area (Å²) in [6.45, 7) is 5.58. The Kier molecular flexibility index (Phi) is 3.85. The molecule has 0 unspecified atom stereocenters. The van der Waals surface area contributed by atoms with E-state index in [0.29, 0.717) is 22.7 Å². The Hall–Kier alpha value is -2.30. The SMILES string of the molecule is Cc1nocc1C(=O)Nc1ccccc1OC(C)C. The Morgan fingerprint density at radius 1 is 1.37 bits per heavy atom. The Morgan fingerprint density at radius 2 is 2.11 bits per heavy atom. The van der Waals surface area contributed by atoms with Crippen molar-refractivity contribution in [1.29, 1.82) is 0 Å². The minimum absolute atomic E-state index is 0.0374. The molecule has 0 fully saturated rings. The molecule has 100 valence electrons. The molecule has 1 amide bonds. The van der Waals surface area contributed by atoms with Gasteiger partial charge < -0.3 is 14.6 Å². The second-order valence-electron chi connectivity index (χ2n) is 4.43. The topological polar surface area (TPSA) is 64.4 Å².